The first kappa shape index (κ1) is 31.2. The molecular weight excluding hydrogens is 651 g/mol. The molecule has 0 bridgehead atoms. The van der Waals surface area contributed by atoms with Crippen molar-refractivity contribution in [3.8, 4) is 17.2 Å². The van der Waals surface area contributed by atoms with Crippen molar-refractivity contribution in [3.05, 3.63) is 202 Å². The first-order chi connectivity index (χ1) is 25.7. The van der Waals surface area contributed by atoms with Crippen LogP contribution in [0.1, 0.15) is 70.4 Å². The van der Waals surface area contributed by atoms with Crippen molar-refractivity contribution in [2.45, 2.75) is 46.7 Å². The van der Waals surface area contributed by atoms with Crippen LogP contribution in [0, 0.1) is 17.2 Å². The van der Waals surface area contributed by atoms with Crippen LogP contribution in [-0.4, -0.2) is 0 Å². The maximum atomic E-state index is 10.5. The van der Waals surface area contributed by atoms with Crippen LogP contribution in [0.5, 0.6) is 0 Å². The maximum Gasteiger partial charge on any atom is 0.104 e. The number of fused-ring (bicyclic) bond motifs is 8. The number of hydrogen-bond acceptors (Lipinski definition) is 4. The van der Waals surface area contributed by atoms with Crippen LogP contribution in [-0.2, 0) is 5.41 Å². The molecule has 6 aromatic rings. The highest BCUT2D eigenvalue weighted by Gasteiger charge is 2.53. The van der Waals surface area contributed by atoms with Crippen molar-refractivity contribution in [1.82, 2.24) is 10.6 Å². The summed E-state index contributed by atoms with van der Waals surface area (Å²) in [6.45, 7) is 0. The number of benzene rings is 6. The van der Waals surface area contributed by atoms with Crippen molar-refractivity contribution in [2.75, 3.05) is 0 Å². The standard InChI is InChI=1S/C48H37N3S/c49-30-36-16-11-19-40-46(36)37-27-26-35(28-41(37)48(40)38-17-7-9-20-44(38)52-45-21-10-8-18-39(45)48)31-22-24-34(25-23-31)47-50-42(32-12-3-1-4-13-32)29-43(51-47)33-14-5-2-6-15-33/h1-10,12-15,17-18,20-29,36,42,47,50-51H,11,16,19H2. The van der Waals surface area contributed by atoms with Gasteiger partial charge in [-0.1, -0.05) is 145 Å². The SMILES string of the molecule is N#CC1CCCC2=C1c1ccc(-c3ccc(C4NC(c5ccccc5)=CC(c5ccccc5)N4)cc3)cc1C21c2ccccc2Sc2ccccc21. The summed E-state index contributed by atoms with van der Waals surface area (Å²) in [4.78, 5) is 2.61. The summed E-state index contributed by atoms with van der Waals surface area (Å²) in [6.07, 6.45) is 5.19. The average Bonchev–Trinajstić information content (AvgIpc) is 3.51. The molecular formula is C48H37N3S. The predicted molar refractivity (Wildman–Crippen MR) is 211 cm³/mol. The van der Waals surface area contributed by atoms with Crippen LogP contribution in [0.2, 0.25) is 0 Å². The number of nitrogens with one attached hydrogen (secondary N) is 2. The van der Waals surface area contributed by atoms with Gasteiger partial charge in [0.1, 0.15) is 6.17 Å². The van der Waals surface area contributed by atoms with Gasteiger partial charge in [0.25, 0.3) is 0 Å². The molecule has 2 heterocycles. The lowest BCUT2D eigenvalue weighted by Gasteiger charge is -2.42. The zero-order chi connectivity index (χ0) is 34.6. The summed E-state index contributed by atoms with van der Waals surface area (Å²) < 4.78 is 0. The van der Waals surface area contributed by atoms with Gasteiger partial charge in [-0.25, -0.2) is 0 Å². The van der Waals surface area contributed by atoms with E-state index in [1.165, 1.54) is 71.0 Å². The molecule has 6 aromatic carbocycles. The summed E-state index contributed by atoms with van der Waals surface area (Å²) in [5.41, 5.74) is 14.7. The highest BCUT2D eigenvalue weighted by molar-refractivity contribution is 7.99. The molecule has 0 saturated heterocycles. The van der Waals surface area contributed by atoms with E-state index in [9.17, 15) is 5.26 Å². The lowest BCUT2D eigenvalue weighted by Crippen LogP contribution is -2.39. The highest BCUT2D eigenvalue weighted by Crippen LogP contribution is 2.64. The Morgan fingerprint density at radius 1 is 0.635 bits per heavy atom. The Morgan fingerprint density at radius 3 is 2.00 bits per heavy atom. The van der Waals surface area contributed by atoms with Gasteiger partial charge in [0.2, 0.25) is 0 Å². The molecule has 4 aliphatic rings. The Morgan fingerprint density at radius 2 is 1.29 bits per heavy atom. The third kappa shape index (κ3) is 4.84. The molecule has 4 heteroatoms. The minimum absolute atomic E-state index is 0.0608. The van der Waals surface area contributed by atoms with Crippen LogP contribution in [0.3, 0.4) is 0 Å². The van der Waals surface area contributed by atoms with Gasteiger partial charge < -0.3 is 5.32 Å². The molecule has 0 radical (unpaired) electrons. The molecule has 2 aliphatic carbocycles. The number of hydrogen-bond donors (Lipinski definition) is 2. The van der Waals surface area contributed by atoms with Gasteiger partial charge in [0.05, 0.1) is 23.4 Å². The van der Waals surface area contributed by atoms with Crippen LogP contribution < -0.4 is 10.6 Å². The predicted octanol–water partition coefficient (Wildman–Crippen LogP) is 11.2. The topological polar surface area (TPSA) is 47.9 Å². The van der Waals surface area contributed by atoms with Gasteiger partial charge in [-0.05, 0) is 105 Å². The molecule has 52 heavy (non-hydrogen) atoms. The fraction of sp³-hybridized carbons (Fsp3) is 0.146. The van der Waals surface area contributed by atoms with E-state index in [0.29, 0.717) is 0 Å². The molecule has 3 nitrogen and oxygen atoms in total. The van der Waals surface area contributed by atoms with E-state index >= 15 is 0 Å². The first-order valence-electron chi connectivity index (χ1n) is 18.3. The normalized spacial score (nSPS) is 20.8. The number of nitrogens with zero attached hydrogens (tertiary/aromatic N) is 1. The van der Waals surface area contributed by atoms with E-state index in [2.05, 4.69) is 174 Å². The Balaban J connectivity index is 1.07. The molecule has 0 fully saturated rings. The van der Waals surface area contributed by atoms with Crippen LogP contribution in [0.25, 0.3) is 22.4 Å². The average molecular weight is 688 g/mol. The zero-order valence-electron chi connectivity index (χ0n) is 28.7. The van der Waals surface area contributed by atoms with Gasteiger partial charge in [-0.2, -0.15) is 5.26 Å². The van der Waals surface area contributed by atoms with E-state index in [-0.39, 0.29) is 18.1 Å². The minimum Gasteiger partial charge on any atom is -0.366 e. The van der Waals surface area contributed by atoms with E-state index in [1.807, 2.05) is 11.8 Å². The lowest BCUT2D eigenvalue weighted by atomic mass is 9.64. The maximum absolute atomic E-state index is 10.5. The van der Waals surface area contributed by atoms with Gasteiger partial charge in [-0.3, -0.25) is 5.32 Å². The summed E-state index contributed by atoms with van der Waals surface area (Å²) in [5.74, 6) is -0.0917. The first-order valence-corrected chi connectivity index (χ1v) is 19.1. The molecule has 0 amide bonds. The second-order valence-electron chi connectivity index (χ2n) is 14.3. The Hall–Kier alpha value is -5.60. The second kappa shape index (κ2) is 12.6. The fourth-order valence-electron chi connectivity index (χ4n) is 9.22. The number of nitriles is 1. The molecule has 2 N–H and O–H groups in total. The molecule has 0 aromatic heterocycles. The Kier molecular flexibility index (Phi) is 7.53. The smallest absolute Gasteiger partial charge is 0.104 e. The monoisotopic (exact) mass is 687 g/mol. The van der Waals surface area contributed by atoms with Gasteiger partial charge in [0.15, 0.2) is 0 Å². The van der Waals surface area contributed by atoms with Gasteiger partial charge in [0, 0.05) is 15.5 Å². The fourth-order valence-corrected chi connectivity index (χ4v) is 10.4. The van der Waals surface area contributed by atoms with Crippen LogP contribution in [0.4, 0.5) is 0 Å². The van der Waals surface area contributed by atoms with E-state index in [1.54, 1.807) is 0 Å². The van der Waals surface area contributed by atoms with E-state index < -0.39 is 5.41 Å². The van der Waals surface area contributed by atoms with Crippen molar-refractivity contribution in [2.24, 2.45) is 5.92 Å². The van der Waals surface area contributed by atoms with Crippen molar-refractivity contribution in [3.63, 3.8) is 0 Å². The summed E-state index contributed by atoms with van der Waals surface area (Å²) >= 11 is 1.87. The van der Waals surface area contributed by atoms with Crippen LogP contribution in [0.15, 0.2) is 173 Å². The van der Waals surface area contributed by atoms with Gasteiger partial charge in [-0.15, -0.1) is 0 Å². The highest BCUT2D eigenvalue weighted by atomic mass is 32.2. The number of rotatable bonds is 4. The molecule has 10 rings (SSSR count). The lowest BCUT2D eigenvalue weighted by molar-refractivity contribution is 0.443. The second-order valence-corrected chi connectivity index (χ2v) is 15.4. The third-order valence-electron chi connectivity index (χ3n) is 11.5. The van der Waals surface area contributed by atoms with Crippen LogP contribution >= 0.6 is 11.8 Å². The van der Waals surface area contributed by atoms with Gasteiger partial charge >= 0.3 is 0 Å². The molecule has 250 valence electrons. The van der Waals surface area contributed by atoms with Crippen molar-refractivity contribution >= 4 is 23.0 Å². The quantitative estimate of drug-likeness (QED) is 0.194. The molecule has 3 atom stereocenters. The van der Waals surface area contributed by atoms with E-state index in [0.717, 1.165) is 25.0 Å². The zero-order valence-corrected chi connectivity index (χ0v) is 29.5. The van der Waals surface area contributed by atoms with E-state index in [4.69, 9.17) is 0 Å². The number of allylic oxidation sites excluding steroid dienone is 2. The largest absolute Gasteiger partial charge is 0.366 e. The van der Waals surface area contributed by atoms with Crippen molar-refractivity contribution < 1.29 is 0 Å². The Labute approximate surface area is 309 Å². The molecule has 0 saturated carbocycles. The minimum atomic E-state index is -0.406. The third-order valence-corrected chi connectivity index (χ3v) is 12.7. The molecule has 3 unspecified atom stereocenters. The molecule has 2 aliphatic heterocycles. The summed E-state index contributed by atoms with van der Waals surface area (Å²) in [6, 6.07) is 58.0. The summed E-state index contributed by atoms with van der Waals surface area (Å²) in [5, 5.41) is 18.1. The van der Waals surface area contributed by atoms with Crippen molar-refractivity contribution in [1.29, 1.82) is 5.26 Å². The Bertz CT molecular complexity index is 2390. The summed E-state index contributed by atoms with van der Waals surface area (Å²) in [7, 11) is 0. The molecule has 1 spiro atoms.